The average Bonchev–Trinajstić information content (AvgIpc) is 3.30. The number of nitrogens with zero attached hydrogens (tertiary/aromatic N) is 3. The van der Waals surface area contributed by atoms with E-state index in [0.29, 0.717) is 30.7 Å². The van der Waals surface area contributed by atoms with Gasteiger partial charge < -0.3 is 14.8 Å². The molecule has 1 atom stereocenters. The molecule has 0 fully saturated rings. The predicted molar refractivity (Wildman–Crippen MR) is 137 cm³/mol. The predicted octanol–water partition coefficient (Wildman–Crippen LogP) is 6.87. The molecule has 5 rings (SSSR count). The van der Waals surface area contributed by atoms with E-state index in [1.807, 2.05) is 116 Å². The average molecular weight is 463 g/mol. The SMILES string of the molecule is CC1(Nc2ccc(OCc3ccccc3)nc2OCc2ccccc2)C=C(c2ccccc2)N=N1. The summed E-state index contributed by atoms with van der Waals surface area (Å²) in [4.78, 5) is 4.65. The minimum Gasteiger partial charge on any atom is -0.473 e. The van der Waals surface area contributed by atoms with Crippen LogP contribution in [-0.2, 0) is 13.2 Å². The minimum absolute atomic E-state index is 0.383. The van der Waals surface area contributed by atoms with Crippen molar-refractivity contribution in [2.45, 2.75) is 25.8 Å². The van der Waals surface area contributed by atoms with Crippen LogP contribution >= 0.6 is 0 Å². The summed E-state index contributed by atoms with van der Waals surface area (Å²) < 4.78 is 12.1. The van der Waals surface area contributed by atoms with Crippen LogP contribution in [0.25, 0.3) is 5.70 Å². The van der Waals surface area contributed by atoms with E-state index in [2.05, 4.69) is 20.5 Å². The van der Waals surface area contributed by atoms with Crippen LogP contribution < -0.4 is 14.8 Å². The molecule has 0 saturated carbocycles. The largest absolute Gasteiger partial charge is 0.473 e. The van der Waals surface area contributed by atoms with Gasteiger partial charge in [-0.2, -0.15) is 15.2 Å². The van der Waals surface area contributed by atoms with Gasteiger partial charge in [0, 0.05) is 11.6 Å². The van der Waals surface area contributed by atoms with Crippen LogP contribution in [0.3, 0.4) is 0 Å². The molecule has 4 aromatic rings. The second kappa shape index (κ2) is 10.2. The number of anilines is 1. The molecule has 174 valence electrons. The van der Waals surface area contributed by atoms with E-state index in [1.165, 1.54) is 0 Å². The van der Waals surface area contributed by atoms with Crippen molar-refractivity contribution in [2.75, 3.05) is 5.32 Å². The van der Waals surface area contributed by atoms with E-state index in [9.17, 15) is 0 Å². The van der Waals surface area contributed by atoms with Gasteiger partial charge in [0.2, 0.25) is 11.8 Å². The van der Waals surface area contributed by atoms with Gasteiger partial charge in [0.25, 0.3) is 0 Å². The number of rotatable bonds is 9. The maximum atomic E-state index is 6.14. The zero-order valence-corrected chi connectivity index (χ0v) is 19.5. The third-order valence-corrected chi connectivity index (χ3v) is 5.52. The van der Waals surface area contributed by atoms with Crippen LogP contribution in [0, 0.1) is 0 Å². The summed E-state index contributed by atoms with van der Waals surface area (Å²) in [5.41, 5.74) is 3.94. The first-order chi connectivity index (χ1) is 17.2. The normalized spacial score (nSPS) is 16.5. The number of aromatic nitrogens is 1. The highest BCUT2D eigenvalue weighted by molar-refractivity contribution is 5.69. The van der Waals surface area contributed by atoms with Crippen LogP contribution in [0.2, 0.25) is 0 Å². The number of pyridine rings is 1. The number of nitrogens with one attached hydrogen (secondary N) is 1. The highest BCUT2D eigenvalue weighted by atomic mass is 16.5. The molecule has 1 aliphatic heterocycles. The second-order valence-electron chi connectivity index (χ2n) is 8.42. The maximum absolute atomic E-state index is 6.14. The Bertz CT molecular complexity index is 1320. The van der Waals surface area contributed by atoms with Gasteiger partial charge >= 0.3 is 0 Å². The molecule has 0 aliphatic carbocycles. The first-order valence-electron chi connectivity index (χ1n) is 11.5. The fraction of sp³-hybridized carbons (Fsp3) is 0.138. The van der Waals surface area contributed by atoms with Gasteiger partial charge in [-0.05, 0) is 30.2 Å². The highest BCUT2D eigenvalue weighted by Crippen LogP contribution is 2.34. The van der Waals surface area contributed by atoms with Crippen LogP contribution in [0.15, 0.2) is 119 Å². The van der Waals surface area contributed by atoms with Crippen molar-refractivity contribution >= 4 is 11.4 Å². The lowest BCUT2D eigenvalue weighted by Crippen LogP contribution is -2.28. The summed E-state index contributed by atoms with van der Waals surface area (Å²) in [5.74, 6) is 0.929. The van der Waals surface area contributed by atoms with E-state index in [0.717, 1.165) is 22.4 Å². The van der Waals surface area contributed by atoms with Crippen molar-refractivity contribution in [2.24, 2.45) is 10.2 Å². The molecule has 2 heterocycles. The van der Waals surface area contributed by atoms with Crippen molar-refractivity contribution in [3.05, 3.63) is 126 Å². The number of hydrogen-bond acceptors (Lipinski definition) is 6. The first kappa shape index (κ1) is 22.3. The van der Waals surface area contributed by atoms with Crippen molar-refractivity contribution in [3.8, 4) is 11.8 Å². The highest BCUT2D eigenvalue weighted by Gasteiger charge is 2.28. The van der Waals surface area contributed by atoms with Crippen LogP contribution in [0.4, 0.5) is 5.69 Å². The number of hydrogen-bond donors (Lipinski definition) is 1. The first-order valence-corrected chi connectivity index (χ1v) is 11.5. The number of benzene rings is 3. The van der Waals surface area contributed by atoms with Gasteiger partial charge in [-0.15, -0.1) is 0 Å². The summed E-state index contributed by atoms with van der Waals surface area (Å²) in [6.45, 7) is 2.77. The van der Waals surface area contributed by atoms with E-state index >= 15 is 0 Å². The molecule has 3 aromatic carbocycles. The van der Waals surface area contributed by atoms with E-state index < -0.39 is 5.66 Å². The third-order valence-electron chi connectivity index (χ3n) is 5.52. The topological polar surface area (TPSA) is 68.1 Å². The Hall–Kier alpha value is -4.45. The lowest BCUT2D eigenvalue weighted by atomic mass is 10.1. The molecule has 0 amide bonds. The van der Waals surface area contributed by atoms with E-state index in [1.54, 1.807) is 0 Å². The Balaban J connectivity index is 1.37. The summed E-state index contributed by atoms with van der Waals surface area (Å²) in [6.07, 6.45) is 2.00. The summed E-state index contributed by atoms with van der Waals surface area (Å²) in [7, 11) is 0. The maximum Gasteiger partial charge on any atom is 0.241 e. The molecule has 0 radical (unpaired) electrons. The van der Waals surface area contributed by atoms with Crippen molar-refractivity contribution in [1.29, 1.82) is 0 Å². The van der Waals surface area contributed by atoms with Gasteiger partial charge in [-0.3, -0.25) is 0 Å². The monoisotopic (exact) mass is 462 g/mol. The smallest absolute Gasteiger partial charge is 0.241 e. The molecule has 0 spiro atoms. The van der Waals surface area contributed by atoms with Gasteiger partial charge in [0.05, 0.1) is 11.4 Å². The Morgan fingerprint density at radius 2 is 1.31 bits per heavy atom. The molecule has 1 unspecified atom stereocenters. The van der Waals surface area contributed by atoms with Gasteiger partial charge in [0.15, 0.2) is 5.66 Å². The van der Waals surface area contributed by atoms with Gasteiger partial charge in [0.1, 0.15) is 13.2 Å². The van der Waals surface area contributed by atoms with Crippen molar-refractivity contribution in [3.63, 3.8) is 0 Å². The summed E-state index contributed by atoms with van der Waals surface area (Å²) >= 11 is 0. The molecule has 1 aromatic heterocycles. The zero-order chi connectivity index (χ0) is 23.9. The Morgan fingerprint density at radius 1 is 0.714 bits per heavy atom. The molecule has 1 N–H and O–H groups in total. The second-order valence-corrected chi connectivity index (χ2v) is 8.42. The van der Waals surface area contributed by atoms with Crippen molar-refractivity contribution < 1.29 is 9.47 Å². The molecule has 6 nitrogen and oxygen atoms in total. The van der Waals surface area contributed by atoms with E-state index in [-0.39, 0.29) is 0 Å². The lowest BCUT2D eigenvalue weighted by molar-refractivity contribution is 0.268. The quantitative estimate of drug-likeness (QED) is 0.295. The Labute approximate surface area is 205 Å². The fourth-order valence-corrected chi connectivity index (χ4v) is 3.73. The minimum atomic E-state index is -0.732. The number of azo groups is 1. The molecule has 0 saturated heterocycles. The van der Waals surface area contributed by atoms with E-state index in [4.69, 9.17) is 9.47 Å². The van der Waals surface area contributed by atoms with Crippen LogP contribution in [-0.4, -0.2) is 10.6 Å². The molecule has 0 bridgehead atoms. The standard InChI is InChI=1S/C29H26N4O2/c1-29(19-26(32-33-29)24-15-9-4-10-16-24)31-25-17-18-27(34-20-22-11-5-2-6-12-22)30-28(25)35-21-23-13-7-3-8-14-23/h2-19,31H,20-21H2,1H3. The lowest BCUT2D eigenvalue weighted by Gasteiger charge is -2.22. The molecule has 1 aliphatic rings. The van der Waals surface area contributed by atoms with Gasteiger partial charge in [-0.1, -0.05) is 91.0 Å². The van der Waals surface area contributed by atoms with Crippen molar-refractivity contribution in [1.82, 2.24) is 4.98 Å². The fourth-order valence-electron chi connectivity index (χ4n) is 3.73. The van der Waals surface area contributed by atoms with Crippen LogP contribution in [0.5, 0.6) is 11.8 Å². The van der Waals surface area contributed by atoms with Crippen LogP contribution in [0.1, 0.15) is 23.6 Å². The summed E-state index contributed by atoms with van der Waals surface area (Å²) in [6, 6.07) is 33.7. The molecular weight excluding hydrogens is 436 g/mol. The zero-order valence-electron chi connectivity index (χ0n) is 19.5. The third kappa shape index (κ3) is 5.73. The molecular formula is C29H26N4O2. The van der Waals surface area contributed by atoms with Gasteiger partial charge in [-0.25, -0.2) is 0 Å². The summed E-state index contributed by atoms with van der Waals surface area (Å²) in [5, 5.41) is 12.3. The molecule has 6 heteroatoms. The Kier molecular flexibility index (Phi) is 6.52. The Morgan fingerprint density at radius 3 is 1.97 bits per heavy atom. The molecule has 35 heavy (non-hydrogen) atoms. The number of ether oxygens (including phenoxy) is 2.